The van der Waals surface area contributed by atoms with E-state index in [9.17, 15) is 14.3 Å². The fourth-order valence-corrected chi connectivity index (χ4v) is 3.87. The number of rotatable bonds is 3. The molecule has 1 atom stereocenters. The van der Waals surface area contributed by atoms with Gasteiger partial charge in [-0.2, -0.15) is 0 Å². The molecule has 23 heavy (non-hydrogen) atoms. The Morgan fingerprint density at radius 2 is 2.22 bits per heavy atom. The van der Waals surface area contributed by atoms with E-state index in [0.29, 0.717) is 17.5 Å². The van der Waals surface area contributed by atoms with Gasteiger partial charge in [0.1, 0.15) is 18.0 Å². The number of aromatic hydroxyl groups is 1. The highest BCUT2D eigenvalue weighted by Gasteiger charge is 2.45. The third-order valence-corrected chi connectivity index (χ3v) is 5.77. The molecule has 1 amide bonds. The maximum Gasteiger partial charge on any atom is 0.251 e. The van der Waals surface area contributed by atoms with E-state index in [4.69, 9.17) is 0 Å². The molecule has 1 aromatic rings. The van der Waals surface area contributed by atoms with Crippen molar-refractivity contribution in [2.45, 2.75) is 25.8 Å². The van der Waals surface area contributed by atoms with Gasteiger partial charge in [-0.3, -0.25) is 13.8 Å². The first-order valence-electron chi connectivity index (χ1n) is 7.67. The molecule has 1 saturated carbocycles. The van der Waals surface area contributed by atoms with Crippen LogP contribution in [-0.2, 0) is 4.79 Å². The van der Waals surface area contributed by atoms with Crippen molar-refractivity contribution in [3.63, 3.8) is 0 Å². The van der Waals surface area contributed by atoms with Crippen LogP contribution in [0.1, 0.15) is 25.3 Å². The molecule has 2 fully saturated rings. The smallest absolute Gasteiger partial charge is 0.251 e. The molecule has 3 N–H and O–H groups in total. The van der Waals surface area contributed by atoms with E-state index in [1.807, 2.05) is 0 Å². The number of carbonyl (C=O) groups excluding carboxylic acids is 1. The summed E-state index contributed by atoms with van der Waals surface area (Å²) in [5.41, 5.74) is 1.74. The molecule has 2 aliphatic heterocycles. The van der Waals surface area contributed by atoms with Crippen LogP contribution >= 0.6 is 12.1 Å². The highest BCUT2D eigenvalue weighted by Crippen LogP contribution is 2.50. The van der Waals surface area contributed by atoms with Crippen LogP contribution in [0.3, 0.4) is 0 Å². The Morgan fingerprint density at radius 3 is 2.87 bits per heavy atom. The number of hydrogen-bond acceptors (Lipinski definition) is 5. The Labute approximate surface area is 138 Å². The minimum absolute atomic E-state index is 0.0244. The molecule has 0 spiro atoms. The summed E-state index contributed by atoms with van der Waals surface area (Å²) >= 11 is 0.997. The minimum Gasteiger partial charge on any atom is -0.506 e. The van der Waals surface area contributed by atoms with Crippen molar-refractivity contribution >= 4 is 29.3 Å². The van der Waals surface area contributed by atoms with E-state index in [1.165, 1.54) is 23.2 Å². The summed E-state index contributed by atoms with van der Waals surface area (Å²) in [5.74, 6) is -0.848. The lowest BCUT2D eigenvalue weighted by Crippen LogP contribution is -2.30. The molecule has 1 aromatic carbocycles. The van der Waals surface area contributed by atoms with Gasteiger partial charge in [0.25, 0.3) is 5.91 Å². The quantitative estimate of drug-likeness (QED) is 0.739. The van der Waals surface area contributed by atoms with Crippen molar-refractivity contribution < 1.29 is 14.3 Å². The van der Waals surface area contributed by atoms with E-state index < -0.39 is 5.82 Å². The Kier molecular flexibility index (Phi) is 3.32. The summed E-state index contributed by atoms with van der Waals surface area (Å²) in [5, 5.41) is 13.5. The summed E-state index contributed by atoms with van der Waals surface area (Å²) in [6.45, 7) is 2.88. The van der Waals surface area contributed by atoms with E-state index in [1.54, 1.807) is 6.07 Å². The van der Waals surface area contributed by atoms with Crippen LogP contribution in [0.4, 0.5) is 10.1 Å². The highest BCUT2D eigenvalue weighted by atomic mass is 32.2. The summed E-state index contributed by atoms with van der Waals surface area (Å²) < 4.78 is 19.0. The zero-order chi connectivity index (χ0) is 16.2. The van der Waals surface area contributed by atoms with Crippen LogP contribution in [0.25, 0.3) is 5.57 Å². The predicted molar refractivity (Wildman–Crippen MR) is 88.3 cm³/mol. The van der Waals surface area contributed by atoms with E-state index in [-0.39, 0.29) is 29.9 Å². The monoisotopic (exact) mass is 335 g/mol. The minimum atomic E-state index is -0.483. The zero-order valence-corrected chi connectivity index (χ0v) is 13.5. The highest BCUT2D eigenvalue weighted by molar-refractivity contribution is 7.99. The van der Waals surface area contributed by atoms with Crippen molar-refractivity contribution in [3.8, 4) is 5.75 Å². The summed E-state index contributed by atoms with van der Waals surface area (Å²) in [7, 11) is 0. The zero-order valence-electron chi connectivity index (χ0n) is 12.7. The maximum absolute atomic E-state index is 15.0. The number of carbonyl (C=O) groups is 1. The lowest BCUT2D eigenvalue weighted by Gasteiger charge is -2.18. The number of phenols is 1. The Balaban J connectivity index is 1.69. The van der Waals surface area contributed by atoms with Gasteiger partial charge in [0, 0.05) is 18.2 Å². The number of benzene rings is 1. The molecule has 4 rings (SSSR count). The second-order valence-corrected chi connectivity index (χ2v) is 7.48. The number of nitrogens with one attached hydrogen (secondary N) is 2. The van der Waals surface area contributed by atoms with E-state index >= 15 is 0 Å². The molecule has 3 aliphatic rings. The Hall–Kier alpha value is -1.73. The summed E-state index contributed by atoms with van der Waals surface area (Å²) in [6, 6.07) is 3.37. The van der Waals surface area contributed by atoms with Gasteiger partial charge in [-0.05, 0) is 36.0 Å². The number of hydrogen-bond donors (Lipinski definition) is 3. The number of nitrogens with zero attached hydrogens (tertiary/aromatic N) is 1. The number of anilines is 1. The molecule has 1 unspecified atom stereocenters. The first-order chi connectivity index (χ1) is 11.0. The Morgan fingerprint density at radius 1 is 1.43 bits per heavy atom. The standard InChI is InChI=1S/C16H18FN3O2S/c1-16(4-5-16)12-6-9(7-18-12)10-2-3-11(21)15(14(10)17)20-8-13(22)19-23-20/h2-3,6,12,18,21H,4-5,7-8H2,1H3,(H,19,22). The largest absolute Gasteiger partial charge is 0.506 e. The third kappa shape index (κ3) is 2.48. The molecule has 0 aromatic heterocycles. The molecular formula is C16H18FN3O2S. The second kappa shape index (κ2) is 5.14. The molecule has 5 nitrogen and oxygen atoms in total. The first-order valence-corrected chi connectivity index (χ1v) is 8.44. The molecule has 7 heteroatoms. The second-order valence-electron chi connectivity index (χ2n) is 6.65. The van der Waals surface area contributed by atoms with Crippen LogP contribution in [0.2, 0.25) is 0 Å². The van der Waals surface area contributed by atoms with Gasteiger partial charge in [0.15, 0.2) is 5.82 Å². The van der Waals surface area contributed by atoms with Crippen molar-refractivity contribution in [1.82, 2.24) is 10.0 Å². The van der Waals surface area contributed by atoms with E-state index in [0.717, 1.165) is 17.7 Å². The molecule has 1 aliphatic carbocycles. The maximum atomic E-state index is 15.0. The summed E-state index contributed by atoms with van der Waals surface area (Å²) in [6.07, 6.45) is 4.48. The van der Waals surface area contributed by atoms with Crippen LogP contribution < -0.4 is 14.3 Å². The van der Waals surface area contributed by atoms with Crippen LogP contribution in [0, 0.1) is 11.2 Å². The fraction of sp³-hybridized carbons (Fsp3) is 0.438. The normalized spacial score (nSPS) is 25.5. The van der Waals surface area contributed by atoms with Gasteiger partial charge in [0.05, 0.1) is 12.1 Å². The van der Waals surface area contributed by atoms with Crippen molar-refractivity contribution in [3.05, 3.63) is 29.6 Å². The molecule has 0 radical (unpaired) electrons. The molecule has 0 bridgehead atoms. The predicted octanol–water partition coefficient (Wildman–Crippen LogP) is 2.19. The lowest BCUT2D eigenvalue weighted by atomic mass is 9.97. The first kappa shape index (κ1) is 14.8. The van der Waals surface area contributed by atoms with Gasteiger partial charge >= 0.3 is 0 Å². The van der Waals surface area contributed by atoms with E-state index in [2.05, 4.69) is 23.0 Å². The van der Waals surface area contributed by atoms with Crippen molar-refractivity contribution in [1.29, 1.82) is 0 Å². The van der Waals surface area contributed by atoms with Gasteiger partial charge in [0.2, 0.25) is 0 Å². The van der Waals surface area contributed by atoms with Crippen LogP contribution in [0.5, 0.6) is 5.75 Å². The summed E-state index contributed by atoms with van der Waals surface area (Å²) in [4.78, 5) is 11.4. The molecule has 2 heterocycles. The third-order valence-electron chi connectivity index (χ3n) is 4.92. The average molecular weight is 335 g/mol. The molecule has 1 saturated heterocycles. The average Bonchev–Trinajstić information content (AvgIpc) is 2.91. The fourth-order valence-electron chi connectivity index (χ4n) is 3.15. The van der Waals surface area contributed by atoms with Crippen molar-refractivity contribution in [2.24, 2.45) is 5.41 Å². The number of phenolic OH excluding ortho intramolecular Hbond substituents is 1. The van der Waals surface area contributed by atoms with Gasteiger partial charge in [-0.15, -0.1) is 0 Å². The molecular weight excluding hydrogens is 317 g/mol. The number of halogens is 1. The topological polar surface area (TPSA) is 64.6 Å². The van der Waals surface area contributed by atoms with Gasteiger partial charge < -0.3 is 10.4 Å². The van der Waals surface area contributed by atoms with Gasteiger partial charge in [-0.25, -0.2) is 4.39 Å². The Bertz CT molecular complexity index is 718. The van der Waals surface area contributed by atoms with Gasteiger partial charge in [-0.1, -0.05) is 13.0 Å². The van der Waals surface area contributed by atoms with Crippen LogP contribution in [0.15, 0.2) is 18.2 Å². The number of amides is 1. The van der Waals surface area contributed by atoms with Crippen molar-refractivity contribution in [2.75, 3.05) is 17.4 Å². The SMILES string of the molecule is CC1(C2C=C(c3ccc(O)c(N4CC(=O)NS4)c3F)CN2)CC1. The molecule has 122 valence electrons. The lowest BCUT2D eigenvalue weighted by molar-refractivity contribution is -0.117. The van der Waals surface area contributed by atoms with Crippen LogP contribution in [-0.4, -0.2) is 30.1 Å².